The first-order valence-electron chi connectivity index (χ1n) is 11.2. The van der Waals surface area contributed by atoms with Crippen LogP contribution in [-0.2, 0) is 0 Å². The molecule has 32 heavy (non-hydrogen) atoms. The van der Waals surface area contributed by atoms with E-state index in [0.29, 0.717) is 5.92 Å². The third-order valence-electron chi connectivity index (χ3n) is 6.26. The SMILES string of the molecule is Cc1ccc(-c2ccccc2C(C)C)cc1N1c2nccnc2N(c2ccccc2)C1C. The van der Waals surface area contributed by atoms with Crippen LogP contribution in [0.25, 0.3) is 11.1 Å². The Balaban J connectivity index is 1.65. The summed E-state index contributed by atoms with van der Waals surface area (Å²) < 4.78 is 0. The van der Waals surface area contributed by atoms with Crippen LogP contribution in [0.1, 0.15) is 37.8 Å². The smallest absolute Gasteiger partial charge is 0.178 e. The van der Waals surface area contributed by atoms with Crippen LogP contribution >= 0.6 is 0 Å². The molecule has 2 heterocycles. The van der Waals surface area contributed by atoms with Crippen molar-refractivity contribution in [2.24, 2.45) is 0 Å². The van der Waals surface area contributed by atoms with Gasteiger partial charge in [-0.05, 0) is 60.2 Å². The number of aromatic nitrogens is 2. The van der Waals surface area contributed by atoms with Crippen LogP contribution < -0.4 is 9.80 Å². The molecule has 0 bridgehead atoms. The minimum absolute atomic E-state index is 0.0455. The van der Waals surface area contributed by atoms with E-state index in [-0.39, 0.29) is 6.17 Å². The Kier molecular flexibility index (Phi) is 5.14. The summed E-state index contributed by atoms with van der Waals surface area (Å²) in [6.07, 6.45) is 3.59. The zero-order valence-corrected chi connectivity index (χ0v) is 19.0. The second kappa shape index (κ2) is 8.12. The molecule has 1 atom stereocenters. The molecule has 0 saturated carbocycles. The van der Waals surface area contributed by atoms with E-state index in [0.717, 1.165) is 23.0 Å². The number of aryl methyl sites for hydroxylation is 1. The van der Waals surface area contributed by atoms with E-state index in [1.54, 1.807) is 12.4 Å². The second-order valence-electron chi connectivity index (χ2n) is 8.65. The molecular formula is C28H28N4. The molecule has 0 amide bonds. The number of nitrogens with zero attached hydrogens (tertiary/aromatic N) is 4. The van der Waals surface area contributed by atoms with Crippen LogP contribution in [0, 0.1) is 6.92 Å². The fraction of sp³-hybridized carbons (Fsp3) is 0.214. The van der Waals surface area contributed by atoms with Gasteiger partial charge in [-0.25, -0.2) is 9.97 Å². The van der Waals surface area contributed by atoms with Crippen molar-refractivity contribution in [1.82, 2.24) is 9.97 Å². The van der Waals surface area contributed by atoms with Gasteiger partial charge < -0.3 is 9.80 Å². The summed E-state index contributed by atoms with van der Waals surface area (Å²) in [6, 6.07) is 25.9. The summed E-state index contributed by atoms with van der Waals surface area (Å²) in [5.41, 5.74) is 7.37. The third kappa shape index (κ3) is 3.32. The van der Waals surface area contributed by atoms with Crippen molar-refractivity contribution < 1.29 is 0 Å². The maximum Gasteiger partial charge on any atom is 0.178 e. The quantitative estimate of drug-likeness (QED) is 0.349. The van der Waals surface area contributed by atoms with E-state index < -0.39 is 0 Å². The van der Waals surface area contributed by atoms with Gasteiger partial charge in [0.25, 0.3) is 0 Å². The summed E-state index contributed by atoms with van der Waals surface area (Å²) in [6.45, 7) is 8.88. The molecule has 0 fully saturated rings. The highest BCUT2D eigenvalue weighted by Gasteiger charge is 2.37. The van der Waals surface area contributed by atoms with E-state index in [1.807, 2.05) is 6.07 Å². The molecule has 0 radical (unpaired) electrons. The van der Waals surface area contributed by atoms with Crippen LogP contribution in [-0.4, -0.2) is 16.1 Å². The van der Waals surface area contributed by atoms with Gasteiger partial charge in [-0.15, -0.1) is 0 Å². The zero-order chi connectivity index (χ0) is 22.2. The summed E-state index contributed by atoms with van der Waals surface area (Å²) >= 11 is 0. The van der Waals surface area contributed by atoms with Crippen molar-refractivity contribution >= 4 is 23.0 Å². The maximum atomic E-state index is 4.75. The van der Waals surface area contributed by atoms with Gasteiger partial charge in [0.05, 0.1) is 0 Å². The molecule has 0 saturated heterocycles. The van der Waals surface area contributed by atoms with E-state index in [1.165, 1.54) is 22.3 Å². The van der Waals surface area contributed by atoms with Gasteiger partial charge in [0.15, 0.2) is 11.6 Å². The number of anilines is 4. The molecule has 1 aromatic heterocycles. The zero-order valence-electron chi connectivity index (χ0n) is 19.0. The van der Waals surface area contributed by atoms with Gasteiger partial charge in [-0.3, -0.25) is 0 Å². The first kappa shape index (κ1) is 20.3. The summed E-state index contributed by atoms with van der Waals surface area (Å²) in [5.74, 6) is 2.24. The molecule has 1 unspecified atom stereocenters. The lowest BCUT2D eigenvalue weighted by atomic mass is 9.92. The molecule has 1 aliphatic heterocycles. The van der Waals surface area contributed by atoms with Crippen LogP contribution in [0.4, 0.5) is 23.0 Å². The average Bonchev–Trinajstić information content (AvgIpc) is 3.11. The number of fused-ring (bicyclic) bond motifs is 1. The lowest BCUT2D eigenvalue weighted by molar-refractivity contribution is 0.752. The average molecular weight is 421 g/mol. The Morgan fingerprint density at radius 3 is 2.16 bits per heavy atom. The van der Waals surface area contributed by atoms with Crippen molar-refractivity contribution in [2.75, 3.05) is 9.80 Å². The maximum absolute atomic E-state index is 4.75. The van der Waals surface area contributed by atoms with E-state index in [4.69, 9.17) is 9.97 Å². The highest BCUT2D eigenvalue weighted by Crippen LogP contribution is 2.46. The van der Waals surface area contributed by atoms with Crippen molar-refractivity contribution in [3.05, 3.63) is 96.3 Å². The van der Waals surface area contributed by atoms with Crippen LogP contribution in [0.5, 0.6) is 0 Å². The Morgan fingerprint density at radius 2 is 1.44 bits per heavy atom. The lowest BCUT2D eigenvalue weighted by Gasteiger charge is -2.30. The van der Waals surface area contributed by atoms with Crippen molar-refractivity contribution in [3.63, 3.8) is 0 Å². The van der Waals surface area contributed by atoms with E-state index >= 15 is 0 Å². The monoisotopic (exact) mass is 420 g/mol. The molecule has 1 aliphatic rings. The summed E-state index contributed by atoms with van der Waals surface area (Å²) in [7, 11) is 0. The fourth-order valence-electron chi connectivity index (χ4n) is 4.67. The number of rotatable bonds is 4. The Labute approximate surface area is 190 Å². The molecule has 4 heteroatoms. The second-order valence-corrected chi connectivity index (χ2v) is 8.65. The Bertz CT molecular complexity index is 1250. The van der Waals surface area contributed by atoms with Gasteiger partial charge in [0.1, 0.15) is 6.17 Å². The van der Waals surface area contributed by atoms with E-state index in [9.17, 15) is 0 Å². The number of benzene rings is 3. The highest BCUT2D eigenvalue weighted by atomic mass is 15.5. The highest BCUT2D eigenvalue weighted by molar-refractivity contribution is 5.85. The Hall–Kier alpha value is -3.66. The molecule has 5 rings (SSSR count). The standard InChI is InChI=1S/C28H28N4/c1-19(2)24-12-8-9-13-25(24)22-15-14-20(3)26(18-22)32-21(4)31(23-10-6-5-7-11-23)27-28(32)30-17-16-29-27/h5-19,21H,1-4H3. The molecule has 0 spiro atoms. The molecule has 3 aromatic carbocycles. The largest absolute Gasteiger partial charge is 0.302 e. The predicted molar refractivity (Wildman–Crippen MR) is 133 cm³/mol. The first-order chi connectivity index (χ1) is 15.6. The number of hydrogen-bond donors (Lipinski definition) is 0. The number of hydrogen-bond acceptors (Lipinski definition) is 4. The van der Waals surface area contributed by atoms with Crippen LogP contribution in [0.2, 0.25) is 0 Å². The van der Waals surface area contributed by atoms with Crippen molar-refractivity contribution in [3.8, 4) is 11.1 Å². The number of para-hydroxylation sites is 1. The first-order valence-corrected chi connectivity index (χ1v) is 11.2. The van der Waals surface area contributed by atoms with Crippen molar-refractivity contribution in [2.45, 2.75) is 39.8 Å². The molecule has 0 N–H and O–H groups in total. The van der Waals surface area contributed by atoms with Crippen LogP contribution in [0.15, 0.2) is 85.2 Å². The van der Waals surface area contributed by atoms with E-state index in [2.05, 4.69) is 104 Å². The third-order valence-corrected chi connectivity index (χ3v) is 6.26. The molecule has 4 aromatic rings. The normalized spacial score (nSPS) is 15.3. The van der Waals surface area contributed by atoms with Gasteiger partial charge >= 0.3 is 0 Å². The van der Waals surface area contributed by atoms with Gasteiger partial charge in [0.2, 0.25) is 0 Å². The van der Waals surface area contributed by atoms with Crippen molar-refractivity contribution in [1.29, 1.82) is 0 Å². The summed E-state index contributed by atoms with van der Waals surface area (Å²) in [5, 5.41) is 0. The topological polar surface area (TPSA) is 32.3 Å². The predicted octanol–water partition coefficient (Wildman–Crippen LogP) is 7.21. The minimum atomic E-state index is 0.0455. The van der Waals surface area contributed by atoms with Crippen LogP contribution in [0.3, 0.4) is 0 Å². The van der Waals surface area contributed by atoms with Gasteiger partial charge in [-0.1, -0.05) is 68.4 Å². The lowest BCUT2D eigenvalue weighted by Crippen LogP contribution is -2.36. The molecule has 160 valence electrons. The van der Waals surface area contributed by atoms with Gasteiger partial charge in [0, 0.05) is 23.8 Å². The Morgan fingerprint density at radius 1 is 0.781 bits per heavy atom. The summed E-state index contributed by atoms with van der Waals surface area (Å²) in [4.78, 5) is 14.0. The fourth-order valence-corrected chi connectivity index (χ4v) is 4.67. The molecule has 4 nitrogen and oxygen atoms in total. The minimum Gasteiger partial charge on any atom is -0.302 e. The molecule has 0 aliphatic carbocycles. The van der Waals surface area contributed by atoms with Gasteiger partial charge in [-0.2, -0.15) is 0 Å². The molecular weight excluding hydrogens is 392 g/mol.